The van der Waals surface area contributed by atoms with Gasteiger partial charge in [-0.3, -0.25) is 4.79 Å². The fourth-order valence-electron chi connectivity index (χ4n) is 2.33. The van der Waals surface area contributed by atoms with E-state index in [0.717, 1.165) is 10.9 Å². The Morgan fingerprint density at radius 2 is 1.86 bits per heavy atom. The van der Waals surface area contributed by atoms with E-state index >= 15 is 0 Å². The van der Waals surface area contributed by atoms with Crippen molar-refractivity contribution in [3.05, 3.63) is 59.4 Å². The molecule has 2 N–H and O–H groups in total. The Hall–Kier alpha value is -2.75. The van der Waals surface area contributed by atoms with Gasteiger partial charge in [-0.1, -0.05) is 0 Å². The molecule has 0 saturated carbocycles. The van der Waals surface area contributed by atoms with E-state index in [4.69, 9.17) is 14.9 Å². The quantitative estimate of drug-likeness (QED) is 0.589. The number of benzene rings is 2. The second-order valence-corrected chi connectivity index (χ2v) is 4.87. The van der Waals surface area contributed by atoms with Gasteiger partial charge in [0.2, 0.25) is 5.78 Å². The van der Waals surface area contributed by atoms with E-state index < -0.39 is 0 Å². The normalized spacial score (nSPS) is 10.8. The summed E-state index contributed by atoms with van der Waals surface area (Å²) in [6, 6.07) is 12.4. The monoisotopic (exact) mass is 281 g/mol. The van der Waals surface area contributed by atoms with E-state index in [-0.39, 0.29) is 5.78 Å². The number of fused-ring (bicyclic) bond motifs is 1. The van der Waals surface area contributed by atoms with Crippen LogP contribution in [0.3, 0.4) is 0 Å². The highest BCUT2D eigenvalue weighted by molar-refractivity contribution is 6.10. The summed E-state index contributed by atoms with van der Waals surface area (Å²) in [6.07, 6.45) is 0. The Morgan fingerprint density at radius 3 is 2.52 bits per heavy atom. The van der Waals surface area contributed by atoms with Crippen molar-refractivity contribution < 1.29 is 13.9 Å². The van der Waals surface area contributed by atoms with Crippen LogP contribution in [0, 0.1) is 6.92 Å². The number of hydrogen-bond donors (Lipinski definition) is 1. The molecule has 1 aromatic heterocycles. The standard InChI is InChI=1S/C17H15NO3/c1-10-14-8-5-12(18)9-15(14)21-17(10)16(19)11-3-6-13(20-2)7-4-11/h3-9H,18H2,1-2H3. The zero-order chi connectivity index (χ0) is 15.0. The first kappa shape index (κ1) is 13.2. The van der Waals surface area contributed by atoms with Gasteiger partial charge in [-0.25, -0.2) is 0 Å². The maximum absolute atomic E-state index is 12.6. The minimum Gasteiger partial charge on any atom is -0.497 e. The molecule has 0 unspecified atom stereocenters. The van der Waals surface area contributed by atoms with E-state index in [1.165, 1.54) is 0 Å². The zero-order valence-corrected chi connectivity index (χ0v) is 11.8. The first-order valence-corrected chi connectivity index (χ1v) is 6.57. The third-order valence-electron chi connectivity index (χ3n) is 3.52. The van der Waals surface area contributed by atoms with Crippen LogP contribution in [0.4, 0.5) is 5.69 Å². The number of rotatable bonds is 3. The summed E-state index contributed by atoms with van der Waals surface area (Å²) in [5.41, 5.74) is 8.37. The van der Waals surface area contributed by atoms with Gasteiger partial charge in [0.25, 0.3) is 0 Å². The maximum Gasteiger partial charge on any atom is 0.228 e. The lowest BCUT2D eigenvalue weighted by atomic mass is 10.0. The van der Waals surface area contributed by atoms with Gasteiger partial charge in [-0.05, 0) is 43.3 Å². The summed E-state index contributed by atoms with van der Waals surface area (Å²) in [4.78, 5) is 12.6. The number of ketones is 1. The lowest BCUT2D eigenvalue weighted by molar-refractivity contribution is 0.101. The minimum absolute atomic E-state index is 0.148. The van der Waals surface area contributed by atoms with Gasteiger partial charge in [0.1, 0.15) is 11.3 Å². The second-order valence-electron chi connectivity index (χ2n) is 4.87. The summed E-state index contributed by atoms with van der Waals surface area (Å²) in [6.45, 7) is 1.87. The number of methoxy groups -OCH3 is 1. The molecular weight excluding hydrogens is 266 g/mol. The van der Waals surface area contributed by atoms with Crippen molar-refractivity contribution in [2.45, 2.75) is 6.92 Å². The lowest BCUT2D eigenvalue weighted by Gasteiger charge is -2.01. The van der Waals surface area contributed by atoms with Gasteiger partial charge in [-0.2, -0.15) is 0 Å². The van der Waals surface area contributed by atoms with Crippen LogP contribution in [-0.4, -0.2) is 12.9 Å². The fourth-order valence-corrected chi connectivity index (χ4v) is 2.33. The van der Waals surface area contributed by atoms with E-state index in [9.17, 15) is 4.79 Å². The average molecular weight is 281 g/mol. The number of carbonyl (C=O) groups excluding carboxylic acids is 1. The Labute approximate surface area is 122 Å². The molecule has 0 fully saturated rings. The van der Waals surface area contributed by atoms with Gasteiger partial charge in [0.05, 0.1) is 7.11 Å². The minimum atomic E-state index is -0.148. The topological polar surface area (TPSA) is 65.5 Å². The lowest BCUT2D eigenvalue weighted by Crippen LogP contribution is -2.01. The number of nitrogen functional groups attached to an aromatic ring is 1. The van der Waals surface area contributed by atoms with Gasteiger partial charge < -0.3 is 14.9 Å². The molecule has 4 nitrogen and oxygen atoms in total. The number of carbonyl (C=O) groups is 1. The van der Waals surface area contributed by atoms with Gasteiger partial charge in [0.15, 0.2) is 5.76 Å². The van der Waals surface area contributed by atoms with Gasteiger partial charge in [0, 0.05) is 28.3 Å². The third-order valence-corrected chi connectivity index (χ3v) is 3.52. The Morgan fingerprint density at radius 1 is 1.14 bits per heavy atom. The molecule has 21 heavy (non-hydrogen) atoms. The van der Waals surface area contributed by atoms with Crippen LogP contribution in [0.25, 0.3) is 11.0 Å². The molecule has 0 spiro atoms. The van der Waals surface area contributed by atoms with E-state index in [1.54, 1.807) is 43.5 Å². The van der Waals surface area contributed by atoms with E-state index in [2.05, 4.69) is 0 Å². The number of hydrogen-bond acceptors (Lipinski definition) is 4. The second kappa shape index (κ2) is 4.98. The largest absolute Gasteiger partial charge is 0.497 e. The molecule has 4 heteroatoms. The molecule has 106 valence electrons. The number of aryl methyl sites for hydroxylation is 1. The molecule has 2 aromatic carbocycles. The van der Waals surface area contributed by atoms with Gasteiger partial charge >= 0.3 is 0 Å². The summed E-state index contributed by atoms with van der Waals surface area (Å²) < 4.78 is 10.8. The smallest absolute Gasteiger partial charge is 0.228 e. The van der Waals surface area contributed by atoms with E-state index in [0.29, 0.717) is 28.3 Å². The van der Waals surface area contributed by atoms with Crippen molar-refractivity contribution in [1.29, 1.82) is 0 Å². The highest BCUT2D eigenvalue weighted by Gasteiger charge is 2.19. The Bertz CT molecular complexity index is 816. The summed E-state index contributed by atoms with van der Waals surface area (Å²) >= 11 is 0. The highest BCUT2D eigenvalue weighted by Crippen LogP contribution is 2.28. The average Bonchev–Trinajstić information content (AvgIpc) is 2.83. The van der Waals surface area contributed by atoms with Crippen LogP contribution in [0.1, 0.15) is 21.7 Å². The van der Waals surface area contributed by atoms with Crippen molar-refractivity contribution in [3.63, 3.8) is 0 Å². The first-order chi connectivity index (χ1) is 10.1. The van der Waals surface area contributed by atoms with Crippen LogP contribution in [-0.2, 0) is 0 Å². The molecule has 3 aromatic rings. The SMILES string of the molecule is COc1ccc(C(=O)c2oc3cc(N)ccc3c2C)cc1. The molecule has 0 bridgehead atoms. The Kier molecular flexibility index (Phi) is 3.14. The summed E-state index contributed by atoms with van der Waals surface area (Å²) in [7, 11) is 1.59. The number of anilines is 1. The predicted octanol–water partition coefficient (Wildman–Crippen LogP) is 3.56. The summed E-state index contributed by atoms with van der Waals surface area (Å²) in [5.74, 6) is 0.909. The number of ether oxygens (including phenoxy) is 1. The van der Waals surface area contributed by atoms with Crippen LogP contribution >= 0.6 is 0 Å². The molecule has 0 amide bonds. The van der Waals surface area contributed by atoms with E-state index in [1.807, 2.05) is 13.0 Å². The molecule has 3 rings (SSSR count). The van der Waals surface area contributed by atoms with Crippen LogP contribution in [0.2, 0.25) is 0 Å². The molecular formula is C17H15NO3. The van der Waals surface area contributed by atoms with Crippen molar-refractivity contribution in [2.24, 2.45) is 0 Å². The molecule has 0 aliphatic heterocycles. The first-order valence-electron chi connectivity index (χ1n) is 6.57. The molecule has 0 aliphatic rings. The molecule has 0 aliphatic carbocycles. The van der Waals surface area contributed by atoms with Crippen LogP contribution in [0.5, 0.6) is 5.75 Å². The predicted molar refractivity (Wildman–Crippen MR) is 81.8 cm³/mol. The van der Waals surface area contributed by atoms with Crippen molar-refractivity contribution >= 4 is 22.4 Å². The zero-order valence-electron chi connectivity index (χ0n) is 11.8. The van der Waals surface area contributed by atoms with Crippen molar-refractivity contribution in [2.75, 3.05) is 12.8 Å². The van der Waals surface area contributed by atoms with Crippen molar-refractivity contribution in [3.8, 4) is 5.75 Å². The van der Waals surface area contributed by atoms with Crippen molar-refractivity contribution in [1.82, 2.24) is 0 Å². The Balaban J connectivity index is 2.06. The maximum atomic E-state index is 12.6. The number of nitrogens with two attached hydrogens (primary N) is 1. The molecule has 1 heterocycles. The third kappa shape index (κ3) is 2.25. The fraction of sp³-hybridized carbons (Fsp3) is 0.118. The van der Waals surface area contributed by atoms with Gasteiger partial charge in [-0.15, -0.1) is 0 Å². The molecule has 0 radical (unpaired) electrons. The van der Waals surface area contributed by atoms with Crippen LogP contribution < -0.4 is 10.5 Å². The summed E-state index contributed by atoms with van der Waals surface area (Å²) in [5, 5.41) is 0.904. The number of furan rings is 1. The molecule has 0 atom stereocenters. The highest BCUT2D eigenvalue weighted by atomic mass is 16.5. The molecule has 0 saturated heterocycles. The van der Waals surface area contributed by atoms with Crippen LogP contribution in [0.15, 0.2) is 46.9 Å².